The zero-order valence-corrected chi connectivity index (χ0v) is 18.2. The molecule has 0 aliphatic heterocycles. The second-order valence-corrected chi connectivity index (χ2v) is 6.61. The molecule has 0 aliphatic carbocycles. The topological polar surface area (TPSA) is 58.5 Å². The van der Waals surface area contributed by atoms with Crippen LogP contribution < -0.4 is 15.4 Å². The number of nitrogens with zero attached hydrogens (tertiary/aromatic N) is 2. The van der Waals surface area contributed by atoms with Gasteiger partial charge < -0.3 is 15.4 Å². The molecule has 1 heterocycles. The molecule has 25 heavy (non-hydrogen) atoms. The highest BCUT2D eigenvalue weighted by molar-refractivity contribution is 14.0. The van der Waals surface area contributed by atoms with Crippen LogP contribution in [-0.2, 0) is 12.8 Å². The van der Waals surface area contributed by atoms with E-state index in [1.165, 1.54) is 10.4 Å². The maximum atomic E-state index is 5.69. The van der Waals surface area contributed by atoms with Crippen LogP contribution in [0.25, 0.3) is 0 Å². The van der Waals surface area contributed by atoms with Gasteiger partial charge in [-0.25, -0.2) is 4.98 Å². The Balaban J connectivity index is 0.00000312. The summed E-state index contributed by atoms with van der Waals surface area (Å²) in [5.74, 6) is 1.68. The summed E-state index contributed by atoms with van der Waals surface area (Å²) in [6, 6.07) is 8.07. The predicted molar refractivity (Wildman–Crippen MR) is 117 cm³/mol. The fourth-order valence-electron chi connectivity index (χ4n) is 2.11. The molecule has 1 aromatic heterocycles. The second kappa shape index (κ2) is 12.1. The molecule has 0 radical (unpaired) electrons. The lowest BCUT2D eigenvalue weighted by atomic mass is 10.2. The van der Waals surface area contributed by atoms with Crippen LogP contribution in [0.5, 0.6) is 5.75 Å². The van der Waals surface area contributed by atoms with Crippen LogP contribution in [0.3, 0.4) is 0 Å². The lowest BCUT2D eigenvalue weighted by Crippen LogP contribution is -2.40. The predicted octanol–water partition coefficient (Wildman–Crippen LogP) is 3.42. The second-order valence-electron chi connectivity index (χ2n) is 5.41. The van der Waals surface area contributed by atoms with E-state index in [1.807, 2.05) is 30.5 Å². The van der Waals surface area contributed by atoms with Crippen LogP contribution in [0.2, 0.25) is 0 Å². The number of thiazole rings is 1. The van der Waals surface area contributed by atoms with Crippen LogP contribution in [0.15, 0.2) is 35.5 Å². The van der Waals surface area contributed by atoms with Gasteiger partial charge in [-0.2, -0.15) is 0 Å². The summed E-state index contributed by atoms with van der Waals surface area (Å²) < 4.78 is 5.69. The van der Waals surface area contributed by atoms with E-state index in [-0.39, 0.29) is 24.0 Å². The number of hydrogen-bond donors (Lipinski definition) is 2. The minimum absolute atomic E-state index is 0. The molecule has 5 nitrogen and oxygen atoms in total. The highest BCUT2D eigenvalue weighted by Gasteiger charge is 2.02. The van der Waals surface area contributed by atoms with Gasteiger partial charge in [0, 0.05) is 31.1 Å². The van der Waals surface area contributed by atoms with E-state index >= 15 is 0 Å². The fourth-order valence-corrected chi connectivity index (χ4v) is 2.97. The van der Waals surface area contributed by atoms with Gasteiger partial charge in [0.05, 0.1) is 11.6 Å². The number of nitrogens with one attached hydrogen (secondary N) is 2. The maximum absolute atomic E-state index is 5.69. The van der Waals surface area contributed by atoms with Crippen LogP contribution >= 0.6 is 35.3 Å². The third-order valence-electron chi connectivity index (χ3n) is 3.49. The van der Waals surface area contributed by atoms with E-state index in [9.17, 15) is 0 Å². The van der Waals surface area contributed by atoms with Crippen molar-refractivity contribution in [1.82, 2.24) is 15.6 Å². The molecule has 0 saturated carbocycles. The number of guanidine groups is 1. The average Bonchev–Trinajstić information content (AvgIpc) is 3.06. The van der Waals surface area contributed by atoms with Gasteiger partial charge in [-0.1, -0.05) is 24.6 Å². The van der Waals surface area contributed by atoms with E-state index in [4.69, 9.17) is 4.74 Å². The summed E-state index contributed by atoms with van der Waals surface area (Å²) in [7, 11) is 1.77. The summed E-state index contributed by atoms with van der Waals surface area (Å²) in [6.45, 7) is 6.33. The molecular weight excluding hydrogens is 447 g/mol. The van der Waals surface area contributed by atoms with Gasteiger partial charge >= 0.3 is 0 Å². The van der Waals surface area contributed by atoms with E-state index < -0.39 is 0 Å². The van der Waals surface area contributed by atoms with Crippen LogP contribution in [0.1, 0.15) is 22.4 Å². The molecule has 1 aromatic carbocycles. The van der Waals surface area contributed by atoms with Crippen molar-refractivity contribution < 1.29 is 4.74 Å². The number of rotatable bonds is 8. The molecule has 0 spiro atoms. The Morgan fingerprint density at radius 3 is 2.56 bits per heavy atom. The molecule has 0 atom stereocenters. The lowest BCUT2D eigenvalue weighted by molar-refractivity contribution is 0.322. The van der Waals surface area contributed by atoms with E-state index in [0.29, 0.717) is 13.2 Å². The molecule has 0 unspecified atom stereocenters. The molecule has 0 amide bonds. The Kier molecular flexibility index (Phi) is 10.5. The Labute approximate surface area is 171 Å². The van der Waals surface area contributed by atoms with Crippen molar-refractivity contribution in [1.29, 1.82) is 0 Å². The Bertz CT molecular complexity index is 643. The minimum Gasteiger partial charge on any atom is -0.492 e. The number of ether oxygens (including phenoxy) is 1. The zero-order chi connectivity index (χ0) is 17.2. The van der Waals surface area contributed by atoms with Crippen molar-refractivity contribution in [3.63, 3.8) is 0 Å². The van der Waals surface area contributed by atoms with Crippen molar-refractivity contribution in [3.05, 3.63) is 45.9 Å². The van der Waals surface area contributed by atoms with Crippen molar-refractivity contribution >= 4 is 41.3 Å². The molecule has 2 aromatic rings. The highest BCUT2D eigenvalue weighted by atomic mass is 127. The first-order valence-corrected chi connectivity index (χ1v) is 9.10. The fraction of sp³-hybridized carbons (Fsp3) is 0.444. The third kappa shape index (κ3) is 8.04. The molecule has 0 bridgehead atoms. The maximum Gasteiger partial charge on any atom is 0.191 e. The molecule has 0 fully saturated rings. The van der Waals surface area contributed by atoms with Crippen molar-refractivity contribution in [2.45, 2.75) is 26.7 Å². The normalized spacial score (nSPS) is 10.9. The molecule has 0 saturated heterocycles. The number of benzene rings is 1. The van der Waals surface area contributed by atoms with Crippen LogP contribution in [0.4, 0.5) is 0 Å². The first kappa shape index (κ1) is 21.7. The first-order valence-electron chi connectivity index (χ1n) is 8.29. The monoisotopic (exact) mass is 474 g/mol. The van der Waals surface area contributed by atoms with Gasteiger partial charge in [-0.15, -0.1) is 35.3 Å². The lowest BCUT2D eigenvalue weighted by Gasteiger charge is -2.12. The van der Waals surface area contributed by atoms with Crippen LogP contribution in [0, 0.1) is 6.92 Å². The number of halogens is 1. The molecule has 2 N–H and O–H groups in total. The average molecular weight is 474 g/mol. The van der Waals surface area contributed by atoms with Crippen molar-refractivity contribution in [3.8, 4) is 5.75 Å². The summed E-state index contributed by atoms with van der Waals surface area (Å²) in [4.78, 5) is 9.98. The van der Waals surface area contributed by atoms with Crippen molar-refractivity contribution in [2.24, 2.45) is 4.99 Å². The van der Waals surface area contributed by atoms with Gasteiger partial charge in [0.25, 0.3) is 0 Å². The van der Waals surface area contributed by atoms with E-state index in [1.54, 1.807) is 18.4 Å². The van der Waals surface area contributed by atoms with E-state index in [2.05, 4.69) is 34.5 Å². The summed E-state index contributed by atoms with van der Waals surface area (Å²) >= 11 is 1.78. The smallest absolute Gasteiger partial charge is 0.191 e. The molecule has 2 rings (SSSR count). The Hall–Kier alpha value is -1.35. The largest absolute Gasteiger partial charge is 0.492 e. The minimum atomic E-state index is 0. The standard InChI is InChI=1S/C18H26N4OS.HI/c1-4-16-13-22-17(24-16)9-10-20-18(19-3)21-11-12-23-15-7-5-14(2)6-8-15;/h5-8,13H,4,9-12H2,1-3H3,(H2,19,20,21);1H. The van der Waals surface area contributed by atoms with Gasteiger partial charge in [0.2, 0.25) is 0 Å². The van der Waals surface area contributed by atoms with Crippen LogP contribution in [-0.4, -0.2) is 37.7 Å². The quantitative estimate of drug-likeness (QED) is 0.267. The first-order chi connectivity index (χ1) is 11.7. The molecule has 7 heteroatoms. The van der Waals surface area contributed by atoms with Crippen molar-refractivity contribution in [2.75, 3.05) is 26.7 Å². The van der Waals surface area contributed by atoms with Gasteiger partial charge in [-0.3, -0.25) is 4.99 Å². The van der Waals surface area contributed by atoms with Gasteiger partial charge in [0.15, 0.2) is 5.96 Å². The SMILES string of the molecule is CCc1cnc(CCNC(=NC)NCCOc2ccc(C)cc2)s1.I. The zero-order valence-electron chi connectivity index (χ0n) is 15.0. The van der Waals surface area contributed by atoms with Gasteiger partial charge in [-0.05, 0) is 25.5 Å². The Morgan fingerprint density at radius 2 is 1.92 bits per heavy atom. The Morgan fingerprint density at radius 1 is 1.20 bits per heavy atom. The molecule has 138 valence electrons. The van der Waals surface area contributed by atoms with Gasteiger partial charge in [0.1, 0.15) is 12.4 Å². The van der Waals surface area contributed by atoms with E-state index in [0.717, 1.165) is 36.1 Å². The number of aryl methyl sites for hydroxylation is 2. The number of aliphatic imine (C=N–C) groups is 1. The summed E-state index contributed by atoms with van der Waals surface area (Å²) in [5.41, 5.74) is 1.23. The molecule has 0 aliphatic rings. The third-order valence-corrected chi connectivity index (χ3v) is 4.69. The highest BCUT2D eigenvalue weighted by Crippen LogP contribution is 2.13. The summed E-state index contributed by atoms with van der Waals surface area (Å²) in [6.07, 6.45) is 3.93. The number of aromatic nitrogens is 1. The molecular formula is C18H27IN4OS. The summed E-state index contributed by atoms with van der Waals surface area (Å²) in [5, 5.41) is 7.72. The number of hydrogen-bond acceptors (Lipinski definition) is 4.